The number of hydrogen-bond acceptors (Lipinski definition) is 4. The zero-order valence-corrected chi connectivity index (χ0v) is 14.0. The van der Waals surface area contributed by atoms with Crippen LogP contribution in [0.5, 0.6) is 5.75 Å². The van der Waals surface area contributed by atoms with Gasteiger partial charge in [0.15, 0.2) is 0 Å². The van der Waals surface area contributed by atoms with E-state index in [4.69, 9.17) is 4.74 Å². The highest BCUT2D eigenvalue weighted by Gasteiger charge is 2.19. The number of aromatic nitrogens is 1. The van der Waals surface area contributed by atoms with E-state index in [0.717, 1.165) is 43.8 Å². The van der Waals surface area contributed by atoms with Crippen molar-refractivity contribution in [1.29, 1.82) is 0 Å². The van der Waals surface area contributed by atoms with Crippen molar-refractivity contribution in [2.45, 2.75) is 32.0 Å². The van der Waals surface area contributed by atoms with Crippen molar-refractivity contribution in [1.82, 2.24) is 15.2 Å². The molecule has 0 aliphatic carbocycles. The molecule has 1 aromatic carbocycles. The quantitative estimate of drug-likeness (QED) is 0.884. The van der Waals surface area contributed by atoms with Crippen molar-refractivity contribution in [3.63, 3.8) is 0 Å². The molecule has 2 heterocycles. The highest BCUT2D eigenvalue weighted by molar-refractivity contribution is 5.33. The first-order chi connectivity index (χ1) is 11.7. The molecule has 4 nitrogen and oxygen atoms in total. The molecule has 0 amide bonds. The van der Waals surface area contributed by atoms with E-state index in [-0.39, 0.29) is 5.82 Å². The molecule has 128 valence electrons. The number of nitrogens with zero attached hydrogens (tertiary/aromatic N) is 2. The van der Waals surface area contributed by atoms with Crippen LogP contribution in [0.15, 0.2) is 42.7 Å². The van der Waals surface area contributed by atoms with Crippen LogP contribution in [-0.4, -0.2) is 36.1 Å². The molecular weight excluding hydrogens is 305 g/mol. The van der Waals surface area contributed by atoms with Gasteiger partial charge in [-0.25, -0.2) is 4.39 Å². The van der Waals surface area contributed by atoms with Crippen molar-refractivity contribution in [2.75, 3.05) is 20.2 Å². The highest BCUT2D eigenvalue weighted by Crippen LogP contribution is 2.20. The topological polar surface area (TPSA) is 37.4 Å². The van der Waals surface area contributed by atoms with Gasteiger partial charge >= 0.3 is 0 Å². The molecule has 5 heteroatoms. The maximum atomic E-state index is 13.4. The number of rotatable bonds is 6. The fraction of sp³-hybridized carbons (Fsp3) is 0.421. The molecule has 1 aliphatic rings. The lowest BCUT2D eigenvalue weighted by molar-refractivity contribution is 0.190. The average Bonchev–Trinajstić information content (AvgIpc) is 2.62. The zero-order valence-electron chi connectivity index (χ0n) is 14.0. The van der Waals surface area contributed by atoms with Gasteiger partial charge in [0.05, 0.1) is 7.11 Å². The van der Waals surface area contributed by atoms with Crippen LogP contribution >= 0.6 is 0 Å². The summed E-state index contributed by atoms with van der Waals surface area (Å²) < 4.78 is 18.7. The Morgan fingerprint density at radius 1 is 1.21 bits per heavy atom. The Labute approximate surface area is 142 Å². The summed E-state index contributed by atoms with van der Waals surface area (Å²) >= 11 is 0. The van der Waals surface area contributed by atoms with Gasteiger partial charge in [-0.3, -0.25) is 9.88 Å². The number of methoxy groups -OCH3 is 1. The van der Waals surface area contributed by atoms with E-state index in [1.165, 1.54) is 11.6 Å². The first-order valence-electron chi connectivity index (χ1n) is 8.41. The summed E-state index contributed by atoms with van der Waals surface area (Å²) in [7, 11) is 1.62. The van der Waals surface area contributed by atoms with Crippen LogP contribution in [0.25, 0.3) is 0 Å². The summed E-state index contributed by atoms with van der Waals surface area (Å²) in [6, 6.07) is 9.27. The van der Waals surface area contributed by atoms with Crippen molar-refractivity contribution >= 4 is 0 Å². The van der Waals surface area contributed by atoms with Gasteiger partial charge in [-0.2, -0.15) is 0 Å². The number of nitrogens with one attached hydrogen (secondary N) is 1. The Kier molecular flexibility index (Phi) is 5.77. The number of halogens is 1. The molecule has 24 heavy (non-hydrogen) atoms. The summed E-state index contributed by atoms with van der Waals surface area (Å²) in [5.41, 5.74) is 2.18. The SMILES string of the molecule is COc1ccc(F)cc1CNC1CCN(Cc2ccncc2)CC1. The first-order valence-corrected chi connectivity index (χ1v) is 8.41. The molecule has 3 rings (SSSR count). The van der Waals surface area contributed by atoms with Crippen LogP contribution in [0.2, 0.25) is 0 Å². The van der Waals surface area contributed by atoms with Gasteiger partial charge in [-0.1, -0.05) is 0 Å². The van der Waals surface area contributed by atoms with Crippen molar-refractivity contribution < 1.29 is 9.13 Å². The summed E-state index contributed by atoms with van der Waals surface area (Å²) in [5.74, 6) is 0.513. The van der Waals surface area contributed by atoms with Crippen molar-refractivity contribution in [3.8, 4) is 5.75 Å². The Balaban J connectivity index is 1.47. The second-order valence-electron chi connectivity index (χ2n) is 6.24. The van der Waals surface area contributed by atoms with E-state index in [1.807, 2.05) is 12.4 Å². The third-order valence-electron chi connectivity index (χ3n) is 4.57. The minimum absolute atomic E-state index is 0.222. The molecular formula is C19H24FN3O. The zero-order chi connectivity index (χ0) is 16.8. The number of hydrogen-bond donors (Lipinski definition) is 1. The van der Waals surface area contributed by atoms with Crippen molar-refractivity contribution in [3.05, 3.63) is 59.7 Å². The van der Waals surface area contributed by atoms with Crippen molar-refractivity contribution in [2.24, 2.45) is 0 Å². The summed E-state index contributed by atoms with van der Waals surface area (Å²) in [5, 5.41) is 3.54. The van der Waals surface area contributed by atoms with Gasteiger partial charge in [0.2, 0.25) is 0 Å². The van der Waals surface area contributed by atoms with Gasteiger partial charge in [0, 0.05) is 37.1 Å². The monoisotopic (exact) mass is 329 g/mol. The van der Waals surface area contributed by atoms with Gasteiger partial charge in [-0.05, 0) is 61.8 Å². The first kappa shape index (κ1) is 16.9. The third kappa shape index (κ3) is 4.52. The molecule has 0 spiro atoms. The Morgan fingerprint density at radius 3 is 2.67 bits per heavy atom. The Hall–Kier alpha value is -1.98. The minimum Gasteiger partial charge on any atom is -0.496 e. The highest BCUT2D eigenvalue weighted by atomic mass is 19.1. The van der Waals surface area contributed by atoms with Crippen LogP contribution in [-0.2, 0) is 13.1 Å². The molecule has 0 bridgehead atoms. The van der Waals surface area contributed by atoms with Crippen LogP contribution in [0.1, 0.15) is 24.0 Å². The fourth-order valence-electron chi connectivity index (χ4n) is 3.18. The number of likely N-dealkylation sites (tertiary alicyclic amines) is 1. The van der Waals surface area contributed by atoms with Gasteiger partial charge in [0.25, 0.3) is 0 Å². The van der Waals surface area contributed by atoms with E-state index >= 15 is 0 Å². The van der Waals surface area contributed by atoms with E-state index in [9.17, 15) is 4.39 Å². The van der Waals surface area contributed by atoms with E-state index in [1.54, 1.807) is 19.2 Å². The number of benzene rings is 1. The van der Waals surface area contributed by atoms with Gasteiger partial charge in [-0.15, -0.1) is 0 Å². The standard InChI is InChI=1S/C19H24FN3O/c1-24-19-3-2-17(20)12-16(19)13-22-18-6-10-23(11-7-18)14-15-4-8-21-9-5-15/h2-5,8-9,12,18,22H,6-7,10-11,13-14H2,1H3. The lowest BCUT2D eigenvalue weighted by atomic mass is 10.0. The Morgan fingerprint density at radius 2 is 1.96 bits per heavy atom. The van der Waals surface area contributed by atoms with Crippen LogP contribution < -0.4 is 10.1 Å². The van der Waals surface area contributed by atoms with E-state index in [2.05, 4.69) is 27.3 Å². The van der Waals surface area contributed by atoms with E-state index < -0.39 is 0 Å². The maximum absolute atomic E-state index is 13.4. The number of ether oxygens (including phenoxy) is 1. The molecule has 0 atom stereocenters. The normalized spacial score (nSPS) is 16.2. The number of piperidine rings is 1. The molecule has 1 aromatic heterocycles. The minimum atomic E-state index is -0.222. The predicted molar refractivity (Wildman–Crippen MR) is 92.3 cm³/mol. The molecule has 1 saturated heterocycles. The molecule has 1 N–H and O–H groups in total. The second-order valence-corrected chi connectivity index (χ2v) is 6.24. The summed E-state index contributed by atoms with van der Waals surface area (Å²) in [4.78, 5) is 6.53. The summed E-state index contributed by atoms with van der Waals surface area (Å²) in [6.07, 6.45) is 5.89. The largest absolute Gasteiger partial charge is 0.496 e. The lowest BCUT2D eigenvalue weighted by Gasteiger charge is -2.32. The molecule has 0 unspecified atom stereocenters. The smallest absolute Gasteiger partial charge is 0.123 e. The van der Waals surface area contributed by atoms with Crippen LogP contribution in [0, 0.1) is 5.82 Å². The molecule has 0 saturated carbocycles. The van der Waals surface area contributed by atoms with Gasteiger partial charge < -0.3 is 10.1 Å². The van der Waals surface area contributed by atoms with Crippen LogP contribution in [0.4, 0.5) is 4.39 Å². The lowest BCUT2D eigenvalue weighted by Crippen LogP contribution is -2.41. The fourth-order valence-corrected chi connectivity index (χ4v) is 3.18. The molecule has 1 fully saturated rings. The Bertz CT molecular complexity index is 642. The predicted octanol–water partition coefficient (Wildman–Crippen LogP) is 2.98. The average molecular weight is 329 g/mol. The molecule has 0 radical (unpaired) electrons. The van der Waals surface area contributed by atoms with Gasteiger partial charge in [0.1, 0.15) is 11.6 Å². The van der Waals surface area contributed by atoms with E-state index in [0.29, 0.717) is 12.6 Å². The van der Waals surface area contributed by atoms with Crippen LogP contribution in [0.3, 0.4) is 0 Å². The molecule has 2 aromatic rings. The maximum Gasteiger partial charge on any atom is 0.123 e. The molecule has 1 aliphatic heterocycles. The number of pyridine rings is 1. The second kappa shape index (κ2) is 8.22. The third-order valence-corrected chi connectivity index (χ3v) is 4.57. The summed E-state index contributed by atoms with van der Waals surface area (Å²) in [6.45, 7) is 3.75.